The highest BCUT2D eigenvalue weighted by atomic mass is 32.2. The summed E-state index contributed by atoms with van der Waals surface area (Å²) in [4.78, 5) is 21.8. The quantitative estimate of drug-likeness (QED) is 0.333. The number of nitrogens with one attached hydrogen (secondary N) is 2. The minimum Gasteiger partial charge on any atom is -0.480 e. The van der Waals surface area contributed by atoms with E-state index in [1.54, 1.807) is 0 Å². The number of carboxylic acids is 1. The van der Waals surface area contributed by atoms with E-state index in [-0.39, 0.29) is 18.7 Å². The molecule has 0 fully saturated rings. The van der Waals surface area contributed by atoms with Gasteiger partial charge in [-0.3, -0.25) is 0 Å². The number of sulfonamides is 1. The van der Waals surface area contributed by atoms with E-state index in [0.717, 1.165) is 0 Å². The number of nitrogens with two attached hydrogens (primary N) is 1. The van der Waals surface area contributed by atoms with Gasteiger partial charge in [-0.05, 0) is 13.3 Å². The molecule has 10 heteroatoms. The smallest absolute Gasteiger partial charge is 0.328 e. The zero-order chi connectivity index (χ0) is 14.3. The topological polar surface area (TPSA) is 159 Å². The lowest BCUT2D eigenvalue weighted by Crippen LogP contribution is -2.51. The Morgan fingerprint density at radius 2 is 1.94 bits per heavy atom. The third-order valence-electron chi connectivity index (χ3n) is 1.93. The number of hydrogen-bond acceptors (Lipinski definition) is 5. The molecule has 0 aromatic heterocycles. The van der Waals surface area contributed by atoms with E-state index in [9.17, 15) is 18.0 Å². The molecule has 6 N–H and O–H groups in total. The molecule has 0 rings (SSSR count). The molecule has 106 valence electrons. The van der Waals surface area contributed by atoms with Gasteiger partial charge in [-0.25, -0.2) is 23.1 Å². The molecule has 0 spiro atoms. The van der Waals surface area contributed by atoms with Crippen molar-refractivity contribution >= 4 is 22.0 Å². The van der Waals surface area contributed by atoms with E-state index in [2.05, 4.69) is 5.32 Å². The molecule has 0 unspecified atom stereocenters. The number of rotatable bonds is 7. The van der Waals surface area contributed by atoms with Crippen molar-refractivity contribution < 1.29 is 28.2 Å². The van der Waals surface area contributed by atoms with Crippen molar-refractivity contribution in [1.82, 2.24) is 10.6 Å². The molecule has 0 saturated heterocycles. The van der Waals surface area contributed by atoms with Crippen LogP contribution in [-0.4, -0.2) is 55.1 Å². The number of urea groups is 1. The number of carbonyl (C=O) groups excluding carboxylic acids is 1. The maximum Gasteiger partial charge on any atom is 0.328 e. The Labute approximate surface area is 104 Å². The summed E-state index contributed by atoms with van der Waals surface area (Å²) < 4.78 is 21.1. The standard InChI is InChI=1S/C8H17N3O6S/c1-5(12)6(7(13)14)11-8(15)10-3-2-4-18(9,16)17/h5-6,12H,2-4H2,1H3,(H,13,14)(H2,9,16,17)(H2,10,11,15)/t5-,6+/m1/s1. The first kappa shape index (κ1) is 16.6. The molecule has 2 amide bonds. The highest BCUT2D eigenvalue weighted by Gasteiger charge is 2.24. The average molecular weight is 283 g/mol. The first-order chi connectivity index (χ1) is 8.13. The Morgan fingerprint density at radius 3 is 2.33 bits per heavy atom. The maximum atomic E-state index is 11.2. The van der Waals surface area contributed by atoms with Gasteiger partial charge in [-0.15, -0.1) is 0 Å². The number of carboxylic acid groups (broad SMARTS) is 1. The van der Waals surface area contributed by atoms with Crippen LogP contribution in [0.3, 0.4) is 0 Å². The van der Waals surface area contributed by atoms with Gasteiger partial charge in [0.15, 0.2) is 6.04 Å². The predicted octanol–water partition coefficient (Wildman–Crippen LogP) is -2.20. The minimum absolute atomic E-state index is 0.0222. The lowest BCUT2D eigenvalue weighted by Gasteiger charge is -2.17. The van der Waals surface area contributed by atoms with Crippen molar-refractivity contribution in [2.45, 2.75) is 25.5 Å². The molecule has 0 bridgehead atoms. The fourth-order valence-electron chi connectivity index (χ4n) is 1.06. The van der Waals surface area contributed by atoms with Crippen molar-refractivity contribution in [2.24, 2.45) is 5.14 Å². The molecule has 0 heterocycles. The second-order valence-electron chi connectivity index (χ2n) is 3.68. The van der Waals surface area contributed by atoms with Crippen LogP contribution in [0, 0.1) is 0 Å². The monoisotopic (exact) mass is 283 g/mol. The van der Waals surface area contributed by atoms with E-state index >= 15 is 0 Å². The SMILES string of the molecule is C[C@@H](O)[C@H](NC(=O)NCCCS(N)(=O)=O)C(=O)O. The van der Waals surface area contributed by atoms with Crippen LogP contribution < -0.4 is 15.8 Å². The van der Waals surface area contributed by atoms with Gasteiger partial charge in [0.2, 0.25) is 10.0 Å². The van der Waals surface area contributed by atoms with Gasteiger partial charge in [0.05, 0.1) is 11.9 Å². The lowest BCUT2D eigenvalue weighted by atomic mass is 10.2. The number of carbonyl (C=O) groups is 2. The molecular weight excluding hydrogens is 266 g/mol. The van der Waals surface area contributed by atoms with Crippen LogP contribution in [0.1, 0.15) is 13.3 Å². The number of amides is 2. The van der Waals surface area contributed by atoms with Crippen LogP contribution >= 0.6 is 0 Å². The number of aliphatic carboxylic acids is 1. The molecule has 0 aromatic rings. The zero-order valence-electron chi connectivity index (χ0n) is 9.79. The van der Waals surface area contributed by atoms with Gasteiger partial charge in [0, 0.05) is 6.54 Å². The summed E-state index contributed by atoms with van der Waals surface area (Å²) >= 11 is 0. The molecule has 0 aliphatic rings. The van der Waals surface area contributed by atoms with Gasteiger partial charge in [-0.1, -0.05) is 0 Å². The summed E-state index contributed by atoms with van der Waals surface area (Å²) in [5.74, 6) is -1.66. The lowest BCUT2D eigenvalue weighted by molar-refractivity contribution is -0.141. The molecule has 0 radical (unpaired) electrons. The fraction of sp³-hybridized carbons (Fsp3) is 0.750. The Kier molecular flexibility index (Phi) is 6.58. The van der Waals surface area contributed by atoms with Gasteiger partial charge >= 0.3 is 12.0 Å². The van der Waals surface area contributed by atoms with Crippen LogP contribution in [0.15, 0.2) is 0 Å². The molecule has 2 atom stereocenters. The summed E-state index contributed by atoms with van der Waals surface area (Å²) in [7, 11) is -3.58. The second-order valence-corrected chi connectivity index (χ2v) is 5.41. The number of primary sulfonamides is 1. The molecule has 0 aliphatic carbocycles. The Balaban J connectivity index is 4.00. The van der Waals surface area contributed by atoms with Crippen molar-refractivity contribution in [3.05, 3.63) is 0 Å². The maximum absolute atomic E-state index is 11.2. The van der Waals surface area contributed by atoms with Crippen LogP contribution in [0.5, 0.6) is 0 Å². The van der Waals surface area contributed by atoms with Crippen LogP contribution in [-0.2, 0) is 14.8 Å². The van der Waals surface area contributed by atoms with Crippen LogP contribution in [0.2, 0.25) is 0 Å². The van der Waals surface area contributed by atoms with E-state index in [0.29, 0.717) is 0 Å². The third-order valence-corrected chi connectivity index (χ3v) is 2.78. The zero-order valence-corrected chi connectivity index (χ0v) is 10.6. The number of aliphatic hydroxyl groups excluding tert-OH is 1. The summed E-state index contributed by atoms with van der Waals surface area (Å²) in [5.41, 5.74) is 0. The van der Waals surface area contributed by atoms with Gasteiger partial charge in [0.1, 0.15) is 0 Å². The Hall–Kier alpha value is -1.39. The summed E-state index contributed by atoms with van der Waals surface area (Å²) in [6.07, 6.45) is -1.14. The summed E-state index contributed by atoms with van der Waals surface area (Å²) in [5, 5.41) is 26.8. The third kappa shape index (κ3) is 7.81. The highest BCUT2D eigenvalue weighted by Crippen LogP contribution is 1.92. The van der Waals surface area contributed by atoms with Crippen molar-refractivity contribution in [3.63, 3.8) is 0 Å². The van der Waals surface area contributed by atoms with Crippen molar-refractivity contribution in [2.75, 3.05) is 12.3 Å². The highest BCUT2D eigenvalue weighted by molar-refractivity contribution is 7.89. The van der Waals surface area contributed by atoms with Gasteiger partial charge in [-0.2, -0.15) is 0 Å². The molecule has 18 heavy (non-hydrogen) atoms. The molecule has 0 aromatic carbocycles. The molecule has 0 aliphatic heterocycles. The number of hydrogen-bond donors (Lipinski definition) is 5. The largest absolute Gasteiger partial charge is 0.480 e. The van der Waals surface area contributed by atoms with Crippen LogP contribution in [0.4, 0.5) is 4.79 Å². The first-order valence-electron chi connectivity index (χ1n) is 5.09. The van der Waals surface area contributed by atoms with Gasteiger partial charge < -0.3 is 20.8 Å². The molecule has 0 saturated carbocycles. The normalized spacial score (nSPS) is 14.6. The number of aliphatic hydroxyl groups is 1. The Bertz CT molecular complexity index is 394. The first-order valence-corrected chi connectivity index (χ1v) is 6.80. The van der Waals surface area contributed by atoms with E-state index in [1.807, 2.05) is 5.32 Å². The molecular formula is C8H17N3O6S. The van der Waals surface area contributed by atoms with Crippen molar-refractivity contribution in [3.8, 4) is 0 Å². The molecule has 9 nitrogen and oxygen atoms in total. The average Bonchev–Trinajstić information content (AvgIpc) is 2.18. The van der Waals surface area contributed by atoms with E-state index < -0.39 is 34.2 Å². The van der Waals surface area contributed by atoms with E-state index in [1.165, 1.54) is 6.92 Å². The predicted molar refractivity (Wildman–Crippen MR) is 62.2 cm³/mol. The minimum atomic E-state index is -3.58. The second kappa shape index (κ2) is 7.13. The summed E-state index contributed by atoms with van der Waals surface area (Å²) in [6.45, 7) is 1.24. The van der Waals surface area contributed by atoms with E-state index in [4.69, 9.17) is 15.4 Å². The van der Waals surface area contributed by atoms with Crippen LogP contribution in [0.25, 0.3) is 0 Å². The Morgan fingerprint density at radius 1 is 1.39 bits per heavy atom. The fourth-order valence-corrected chi connectivity index (χ4v) is 1.60. The summed E-state index contributed by atoms with van der Waals surface area (Å²) in [6, 6.07) is -2.24. The van der Waals surface area contributed by atoms with Gasteiger partial charge in [0.25, 0.3) is 0 Å². The van der Waals surface area contributed by atoms with Crippen molar-refractivity contribution in [1.29, 1.82) is 0 Å².